The van der Waals surface area contributed by atoms with Crippen LogP contribution in [-0.2, 0) is 12.7 Å². The molecule has 1 heterocycles. The van der Waals surface area contributed by atoms with Crippen LogP contribution in [0.5, 0.6) is 0 Å². The van der Waals surface area contributed by atoms with Crippen LogP contribution in [-0.4, -0.2) is 4.57 Å². The molecule has 108 valence electrons. The first-order valence-corrected chi connectivity index (χ1v) is 6.34. The van der Waals surface area contributed by atoms with Crippen molar-refractivity contribution in [2.24, 2.45) is 0 Å². The van der Waals surface area contributed by atoms with E-state index in [4.69, 9.17) is 0 Å². The van der Waals surface area contributed by atoms with Crippen molar-refractivity contribution in [2.75, 3.05) is 0 Å². The Balaban J connectivity index is 1.98. The van der Waals surface area contributed by atoms with E-state index in [0.29, 0.717) is 16.5 Å². The van der Waals surface area contributed by atoms with Gasteiger partial charge in [0.25, 0.3) is 0 Å². The topological polar surface area (TPSA) is 4.93 Å². The highest BCUT2D eigenvalue weighted by Gasteiger charge is 2.30. The van der Waals surface area contributed by atoms with Crippen molar-refractivity contribution in [1.82, 2.24) is 4.57 Å². The molecule has 0 fully saturated rings. The summed E-state index contributed by atoms with van der Waals surface area (Å²) in [6.07, 6.45) is -2.69. The van der Waals surface area contributed by atoms with Gasteiger partial charge < -0.3 is 4.57 Å². The van der Waals surface area contributed by atoms with E-state index in [0.717, 1.165) is 12.1 Å². The maximum Gasteiger partial charge on any atom is 0.416 e. The van der Waals surface area contributed by atoms with Crippen molar-refractivity contribution >= 4 is 10.9 Å². The van der Waals surface area contributed by atoms with E-state index in [9.17, 15) is 17.6 Å². The summed E-state index contributed by atoms with van der Waals surface area (Å²) in [4.78, 5) is 0. The summed E-state index contributed by atoms with van der Waals surface area (Å²) in [5.74, 6) is -0.338. The number of hydrogen-bond donors (Lipinski definition) is 0. The number of nitrogens with zero attached hydrogens (tertiary/aromatic N) is 1. The first kappa shape index (κ1) is 13.7. The molecule has 0 radical (unpaired) electrons. The van der Waals surface area contributed by atoms with Gasteiger partial charge in [0, 0.05) is 18.1 Å². The Morgan fingerprint density at radius 1 is 0.952 bits per heavy atom. The fourth-order valence-corrected chi connectivity index (χ4v) is 2.37. The summed E-state index contributed by atoms with van der Waals surface area (Å²) in [5, 5.41) is 0.462. The highest BCUT2D eigenvalue weighted by Crippen LogP contribution is 2.30. The Morgan fingerprint density at radius 2 is 1.71 bits per heavy atom. The lowest BCUT2D eigenvalue weighted by Crippen LogP contribution is -2.06. The average molecular weight is 293 g/mol. The van der Waals surface area contributed by atoms with Gasteiger partial charge in [0.1, 0.15) is 5.82 Å². The Labute approximate surface area is 118 Å². The maximum atomic E-state index is 13.6. The molecule has 3 rings (SSSR count). The molecule has 0 aliphatic rings. The summed E-state index contributed by atoms with van der Waals surface area (Å²) in [5.41, 5.74) is 0.502. The Bertz CT molecular complexity index is 786. The monoisotopic (exact) mass is 293 g/mol. The molecule has 0 unspecified atom stereocenters. The Morgan fingerprint density at radius 3 is 2.48 bits per heavy atom. The molecular formula is C16H11F4N. The second-order valence-electron chi connectivity index (χ2n) is 4.81. The van der Waals surface area contributed by atoms with Crippen LogP contribution in [0.15, 0.2) is 54.7 Å². The highest BCUT2D eigenvalue weighted by atomic mass is 19.4. The minimum Gasteiger partial charge on any atom is -0.343 e. The van der Waals surface area contributed by atoms with Crippen LogP contribution in [0.4, 0.5) is 17.6 Å². The van der Waals surface area contributed by atoms with Crippen LogP contribution in [0.2, 0.25) is 0 Å². The lowest BCUT2D eigenvalue weighted by molar-refractivity contribution is -0.137. The first-order valence-electron chi connectivity index (χ1n) is 6.34. The van der Waals surface area contributed by atoms with E-state index in [1.54, 1.807) is 35.0 Å². The Hall–Kier alpha value is -2.30. The van der Waals surface area contributed by atoms with Gasteiger partial charge in [0.2, 0.25) is 0 Å². The number of rotatable bonds is 2. The van der Waals surface area contributed by atoms with Gasteiger partial charge in [-0.2, -0.15) is 13.2 Å². The predicted octanol–water partition coefficient (Wildman–Crippen LogP) is 4.85. The second kappa shape index (κ2) is 4.91. The molecule has 1 nitrogen and oxygen atoms in total. The third-order valence-corrected chi connectivity index (χ3v) is 3.37. The third-order valence-electron chi connectivity index (χ3n) is 3.37. The normalized spacial score (nSPS) is 12.0. The fourth-order valence-electron chi connectivity index (χ4n) is 2.37. The molecule has 5 heteroatoms. The quantitative estimate of drug-likeness (QED) is 0.595. The maximum absolute atomic E-state index is 13.6. The van der Waals surface area contributed by atoms with E-state index in [2.05, 4.69) is 0 Å². The Kier molecular flexibility index (Phi) is 3.20. The zero-order valence-corrected chi connectivity index (χ0v) is 10.9. The highest BCUT2D eigenvalue weighted by molar-refractivity contribution is 5.80. The molecule has 0 aliphatic heterocycles. The number of fused-ring (bicyclic) bond motifs is 1. The van der Waals surface area contributed by atoms with Crippen LogP contribution in [0.25, 0.3) is 10.9 Å². The lowest BCUT2D eigenvalue weighted by Gasteiger charge is -2.10. The van der Waals surface area contributed by atoms with E-state index in [-0.39, 0.29) is 12.4 Å². The second-order valence-corrected chi connectivity index (χ2v) is 4.81. The third kappa shape index (κ3) is 2.63. The fraction of sp³-hybridized carbons (Fsp3) is 0.125. The van der Waals surface area contributed by atoms with E-state index in [1.807, 2.05) is 0 Å². The minimum absolute atomic E-state index is 0.261. The first-order chi connectivity index (χ1) is 9.95. The van der Waals surface area contributed by atoms with Gasteiger partial charge in [-0.3, -0.25) is 0 Å². The number of benzene rings is 2. The number of halogens is 4. The predicted molar refractivity (Wildman–Crippen MR) is 72.4 cm³/mol. The molecule has 3 aromatic rings. The largest absolute Gasteiger partial charge is 0.416 e. The molecule has 0 atom stereocenters. The van der Waals surface area contributed by atoms with Gasteiger partial charge in [-0.1, -0.05) is 18.2 Å². The van der Waals surface area contributed by atoms with Crippen LogP contribution < -0.4 is 0 Å². The lowest BCUT2D eigenvalue weighted by atomic mass is 10.1. The van der Waals surface area contributed by atoms with Crippen molar-refractivity contribution in [2.45, 2.75) is 12.7 Å². The molecule has 1 aromatic heterocycles. The van der Waals surface area contributed by atoms with Crippen molar-refractivity contribution < 1.29 is 17.6 Å². The average Bonchev–Trinajstić information content (AvgIpc) is 2.83. The van der Waals surface area contributed by atoms with Gasteiger partial charge in [-0.15, -0.1) is 0 Å². The summed E-state index contributed by atoms with van der Waals surface area (Å²) in [6, 6.07) is 11.5. The molecular weight excluding hydrogens is 282 g/mol. The van der Waals surface area contributed by atoms with Crippen molar-refractivity contribution in [3.05, 3.63) is 71.7 Å². The standard InChI is InChI=1S/C16H11F4N/c17-14-5-2-6-15-13(14)7-8-21(15)10-11-3-1-4-12(9-11)16(18,19)20/h1-9H,10H2. The summed E-state index contributed by atoms with van der Waals surface area (Å²) in [6.45, 7) is 0.261. The number of alkyl halides is 3. The van der Waals surface area contributed by atoms with Crippen molar-refractivity contribution in [1.29, 1.82) is 0 Å². The summed E-state index contributed by atoms with van der Waals surface area (Å²) >= 11 is 0. The summed E-state index contributed by atoms with van der Waals surface area (Å²) < 4.78 is 53.4. The molecule has 21 heavy (non-hydrogen) atoms. The van der Waals surface area contributed by atoms with Gasteiger partial charge in [0.15, 0.2) is 0 Å². The minimum atomic E-state index is -4.36. The van der Waals surface area contributed by atoms with Crippen LogP contribution >= 0.6 is 0 Å². The van der Waals surface area contributed by atoms with Crippen molar-refractivity contribution in [3.63, 3.8) is 0 Å². The SMILES string of the molecule is Fc1cccc2c1ccn2Cc1cccc(C(F)(F)F)c1. The molecule has 2 aromatic carbocycles. The molecule has 0 bridgehead atoms. The van der Waals surface area contributed by atoms with Gasteiger partial charge in [-0.05, 0) is 35.9 Å². The molecule has 0 spiro atoms. The molecule has 0 aliphatic carbocycles. The van der Waals surface area contributed by atoms with Gasteiger partial charge >= 0.3 is 6.18 Å². The zero-order valence-electron chi connectivity index (χ0n) is 10.9. The van der Waals surface area contributed by atoms with Crippen LogP contribution in [0, 0.1) is 5.82 Å². The molecule has 0 amide bonds. The van der Waals surface area contributed by atoms with Crippen LogP contribution in [0.1, 0.15) is 11.1 Å². The number of aromatic nitrogens is 1. The summed E-state index contributed by atoms with van der Waals surface area (Å²) in [7, 11) is 0. The zero-order chi connectivity index (χ0) is 15.0. The van der Waals surface area contributed by atoms with Gasteiger partial charge in [0.05, 0.1) is 11.1 Å². The van der Waals surface area contributed by atoms with Crippen molar-refractivity contribution in [3.8, 4) is 0 Å². The van der Waals surface area contributed by atoms with E-state index < -0.39 is 11.7 Å². The smallest absolute Gasteiger partial charge is 0.343 e. The molecule has 0 N–H and O–H groups in total. The van der Waals surface area contributed by atoms with Gasteiger partial charge in [-0.25, -0.2) is 4.39 Å². The van der Waals surface area contributed by atoms with Crippen LogP contribution in [0.3, 0.4) is 0 Å². The number of hydrogen-bond acceptors (Lipinski definition) is 0. The van der Waals surface area contributed by atoms with E-state index >= 15 is 0 Å². The molecule has 0 saturated carbocycles. The van der Waals surface area contributed by atoms with E-state index in [1.165, 1.54) is 12.1 Å². The molecule has 0 saturated heterocycles.